The molecule has 0 atom stereocenters. The van der Waals surface area contributed by atoms with Crippen molar-refractivity contribution in [3.05, 3.63) is 41.2 Å². The zero-order valence-electron chi connectivity index (χ0n) is 10.3. The molecule has 6 heteroatoms. The van der Waals surface area contributed by atoms with Gasteiger partial charge in [-0.1, -0.05) is 17.7 Å². The molecule has 1 N–H and O–H groups in total. The third kappa shape index (κ3) is 2.67. The Kier molecular flexibility index (Phi) is 3.18. The lowest BCUT2D eigenvalue weighted by molar-refractivity contribution is -0.0888. The highest BCUT2D eigenvalue weighted by molar-refractivity contribution is 5.98. The first kappa shape index (κ1) is 13.3. The van der Waals surface area contributed by atoms with Crippen LogP contribution in [0.15, 0.2) is 24.4 Å². The molecule has 1 aromatic carbocycles. The van der Waals surface area contributed by atoms with Crippen LogP contribution in [0.1, 0.15) is 21.6 Å². The number of Topliss-reactive ketones (excluding diaryl/α,β-unsaturated/α-hetero) is 1. The molecule has 2 rings (SSSR count). The number of halogens is 3. The molecule has 0 amide bonds. The summed E-state index contributed by atoms with van der Waals surface area (Å²) < 4.78 is 36.9. The lowest BCUT2D eigenvalue weighted by Crippen LogP contribution is -2.22. The average Bonchev–Trinajstić information content (AvgIpc) is 2.79. The van der Waals surface area contributed by atoms with E-state index in [0.29, 0.717) is 5.56 Å². The van der Waals surface area contributed by atoms with E-state index < -0.39 is 17.7 Å². The third-order valence-electron chi connectivity index (χ3n) is 2.73. The van der Waals surface area contributed by atoms with E-state index in [2.05, 4.69) is 9.97 Å². The van der Waals surface area contributed by atoms with Gasteiger partial charge in [0.05, 0.1) is 6.20 Å². The van der Waals surface area contributed by atoms with Gasteiger partial charge < -0.3 is 4.98 Å². The minimum Gasteiger partial charge on any atom is -0.335 e. The predicted octanol–water partition coefficient (Wildman–Crippen LogP) is 3.44. The second-order valence-corrected chi connectivity index (χ2v) is 4.29. The van der Waals surface area contributed by atoms with E-state index in [1.807, 2.05) is 26.0 Å². The van der Waals surface area contributed by atoms with Crippen molar-refractivity contribution < 1.29 is 18.0 Å². The topological polar surface area (TPSA) is 45.8 Å². The molecule has 19 heavy (non-hydrogen) atoms. The van der Waals surface area contributed by atoms with Gasteiger partial charge in [0.15, 0.2) is 0 Å². The second-order valence-electron chi connectivity index (χ2n) is 4.29. The first-order chi connectivity index (χ1) is 8.79. The van der Waals surface area contributed by atoms with E-state index in [9.17, 15) is 18.0 Å². The van der Waals surface area contributed by atoms with Crippen LogP contribution in [0, 0.1) is 13.8 Å². The highest BCUT2D eigenvalue weighted by Crippen LogP contribution is 2.25. The number of hydrogen-bond donors (Lipinski definition) is 1. The van der Waals surface area contributed by atoms with Gasteiger partial charge in [-0.25, -0.2) is 4.98 Å². The number of benzene rings is 1. The lowest BCUT2D eigenvalue weighted by Gasteiger charge is -2.04. The lowest BCUT2D eigenvalue weighted by atomic mass is 10.1. The highest BCUT2D eigenvalue weighted by atomic mass is 19.4. The van der Waals surface area contributed by atoms with E-state index >= 15 is 0 Å². The Morgan fingerprint density at radius 1 is 1.26 bits per heavy atom. The van der Waals surface area contributed by atoms with Gasteiger partial charge in [-0.15, -0.1) is 0 Å². The fraction of sp³-hybridized carbons (Fsp3) is 0.231. The number of nitrogens with one attached hydrogen (secondary N) is 1. The van der Waals surface area contributed by atoms with Crippen molar-refractivity contribution in [1.82, 2.24) is 9.97 Å². The molecule has 0 aliphatic carbocycles. The monoisotopic (exact) mass is 268 g/mol. The van der Waals surface area contributed by atoms with E-state index in [0.717, 1.165) is 17.3 Å². The smallest absolute Gasteiger partial charge is 0.335 e. The average molecular weight is 268 g/mol. The van der Waals surface area contributed by atoms with Gasteiger partial charge >= 0.3 is 6.18 Å². The Morgan fingerprint density at radius 2 is 1.95 bits per heavy atom. The van der Waals surface area contributed by atoms with Crippen LogP contribution < -0.4 is 0 Å². The number of alkyl halides is 3. The van der Waals surface area contributed by atoms with Gasteiger partial charge in [-0.3, -0.25) is 4.79 Å². The number of aromatic amines is 1. The van der Waals surface area contributed by atoms with Crippen molar-refractivity contribution in [2.75, 3.05) is 0 Å². The summed E-state index contributed by atoms with van der Waals surface area (Å²) >= 11 is 0. The summed E-state index contributed by atoms with van der Waals surface area (Å²) in [6.07, 6.45) is -3.99. The summed E-state index contributed by atoms with van der Waals surface area (Å²) in [4.78, 5) is 17.3. The number of H-pyrrole nitrogens is 1. The summed E-state index contributed by atoms with van der Waals surface area (Å²) in [5.74, 6) is -1.66. The number of aromatic nitrogens is 2. The zero-order chi connectivity index (χ0) is 14.2. The number of carbonyl (C=O) groups is 1. The minimum atomic E-state index is -4.90. The van der Waals surface area contributed by atoms with Gasteiger partial charge in [0.2, 0.25) is 0 Å². The van der Waals surface area contributed by atoms with Crippen LogP contribution in [0.3, 0.4) is 0 Å². The van der Waals surface area contributed by atoms with Gasteiger partial charge in [0, 0.05) is 5.56 Å². The highest BCUT2D eigenvalue weighted by Gasteiger charge is 2.40. The molecule has 0 spiro atoms. The van der Waals surface area contributed by atoms with Gasteiger partial charge in [0.1, 0.15) is 11.5 Å². The van der Waals surface area contributed by atoms with Gasteiger partial charge in [-0.2, -0.15) is 13.2 Å². The molecule has 1 heterocycles. The molecule has 0 saturated heterocycles. The van der Waals surface area contributed by atoms with Gasteiger partial charge in [0.25, 0.3) is 5.78 Å². The Bertz CT molecular complexity index is 629. The summed E-state index contributed by atoms with van der Waals surface area (Å²) in [6.45, 7) is 3.69. The maximum absolute atomic E-state index is 12.3. The molecule has 0 bridgehead atoms. The van der Waals surface area contributed by atoms with E-state index in [-0.39, 0.29) is 5.82 Å². The van der Waals surface area contributed by atoms with Gasteiger partial charge in [-0.05, 0) is 25.5 Å². The Balaban J connectivity index is 2.42. The van der Waals surface area contributed by atoms with Crippen molar-refractivity contribution in [3.63, 3.8) is 0 Å². The van der Waals surface area contributed by atoms with Crippen LogP contribution in [-0.2, 0) is 0 Å². The molecule has 0 saturated carbocycles. The van der Waals surface area contributed by atoms with Crippen molar-refractivity contribution in [2.24, 2.45) is 0 Å². The number of aryl methyl sites for hydroxylation is 2. The molecule has 0 radical (unpaired) electrons. The zero-order valence-corrected chi connectivity index (χ0v) is 10.3. The molecule has 3 nitrogen and oxygen atoms in total. The minimum absolute atomic E-state index is 0.258. The molecule has 0 aliphatic heterocycles. The molecule has 2 aromatic rings. The number of rotatable bonds is 2. The van der Waals surface area contributed by atoms with Crippen LogP contribution in [0.25, 0.3) is 11.4 Å². The quantitative estimate of drug-likeness (QED) is 0.848. The number of imidazole rings is 1. The SMILES string of the molecule is Cc1ccc(C)c(-c2ncc(C(=O)C(F)(F)F)[nH]2)c1. The fourth-order valence-corrected chi connectivity index (χ4v) is 1.72. The maximum atomic E-state index is 12.3. The first-order valence-electron chi connectivity index (χ1n) is 5.53. The molecule has 0 aliphatic rings. The van der Waals surface area contributed by atoms with Crippen LogP contribution in [-0.4, -0.2) is 21.9 Å². The number of carbonyl (C=O) groups excluding carboxylic acids is 1. The molecule has 100 valence electrons. The summed E-state index contributed by atoms with van der Waals surface area (Å²) in [7, 11) is 0. The summed E-state index contributed by atoms with van der Waals surface area (Å²) in [6, 6.07) is 5.54. The molecular formula is C13H11F3N2O. The third-order valence-corrected chi connectivity index (χ3v) is 2.73. The van der Waals surface area contributed by atoms with Crippen molar-refractivity contribution in [3.8, 4) is 11.4 Å². The summed E-state index contributed by atoms with van der Waals surface area (Å²) in [5, 5.41) is 0. The van der Waals surface area contributed by atoms with Crippen molar-refractivity contribution in [1.29, 1.82) is 0 Å². The normalized spacial score (nSPS) is 11.6. The van der Waals surface area contributed by atoms with E-state index in [1.165, 1.54) is 0 Å². The van der Waals surface area contributed by atoms with Crippen LogP contribution >= 0.6 is 0 Å². The molecule has 0 unspecified atom stereocenters. The van der Waals surface area contributed by atoms with Crippen LogP contribution in [0.2, 0.25) is 0 Å². The standard InChI is InChI=1S/C13H11F3N2O/c1-7-3-4-8(2)9(5-7)12-17-6-10(18-12)11(19)13(14,15)16/h3-6H,1-2H3,(H,17,18). The van der Waals surface area contributed by atoms with Crippen LogP contribution in [0.5, 0.6) is 0 Å². The predicted molar refractivity (Wildman–Crippen MR) is 63.9 cm³/mol. The molecular weight excluding hydrogens is 257 g/mol. The van der Waals surface area contributed by atoms with Crippen LogP contribution in [0.4, 0.5) is 13.2 Å². The van der Waals surface area contributed by atoms with Crippen molar-refractivity contribution >= 4 is 5.78 Å². The number of ketones is 1. The maximum Gasteiger partial charge on any atom is 0.456 e. The first-order valence-corrected chi connectivity index (χ1v) is 5.53. The molecule has 0 fully saturated rings. The Labute approximate surface area is 107 Å². The summed E-state index contributed by atoms with van der Waals surface area (Å²) in [5.41, 5.74) is 1.95. The van der Waals surface area contributed by atoms with Crippen molar-refractivity contribution in [2.45, 2.75) is 20.0 Å². The molecule has 1 aromatic heterocycles. The number of hydrogen-bond acceptors (Lipinski definition) is 2. The Hall–Kier alpha value is -2.11. The fourth-order valence-electron chi connectivity index (χ4n) is 1.72. The van der Waals surface area contributed by atoms with E-state index in [1.54, 1.807) is 6.07 Å². The number of nitrogens with zero attached hydrogens (tertiary/aromatic N) is 1. The largest absolute Gasteiger partial charge is 0.456 e. The second kappa shape index (κ2) is 4.53. The van der Waals surface area contributed by atoms with E-state index in [4.69, 9.17) is 0 Å². The Morgan fingerprint density at radius 3 is 2.58 bits per heavy atom.